The lowest BCUT2D eigenvalue weighted by atomic mass is 10.0. The van der Waals surface area contributed by atoms with Gasteiger partial charge in [0.1, 0.15) is 24.1 Å². The van der Waals surface area contributed by atoms with Crippen molar-refractivity contribution >= 4 is 33.8 Å². The van der Waals surface area contributed by atoms with E-state index >= 15 is 0 Å². The van der Waals surface area contributed by atoms with Gasteiger partial charge in [0, 0.05) is 22.7 Å². The van der Waals surface area contributed by atoms with Crippen LogP contribution in [0, 0.1) is 11.3 Å². The second kappa shape index (κ2) is 9.88. The Labute approximate surface area is 191 Å². The van der Waals surface area contributed by atoms with Gasteiger partial charge >= 0.3 is 0 Å². The van der Waals surface area contributed by atoms with Gasteiger partial charge < -0.3 is 14.0 Å². The maximum absolute atomic E-state index is 12.6. The minimum atomic E-state index is -0.301. The number of nitriles is 1. The summed E-state index contributed by atoms with van der Waals surface area (Å²) in [4.78, 5) is 12.6. The lowest BCUT2D eigenvalue weighted by Crippen LogP contribution is -2.22. The molecule has 166 valence electrons. The second-order valence-electron chi connectivity index (χ2n) is 7.32. The van der Waals surface area contributed by atoms with E-state index in [0.29, 0.717) is 24.5 Å². The van der Waals surface area contributed by atoms with Gasteiger partial charge in [-0.05, 0) is 48.9 Å². The van der Waals surface area contributed by atoms with Crippen molar-refractivity contribution in [1.82, 2.24) is 9.99 Å². The molecule has 0 saturated heterocycles. The summed E-state index contributed by atoms with van der Waals surface area (Å²) in [7, 11) is 0. The molecule has 0 spiro atoms. The molecule has 3 aromatic carbocycles. The molecule has 7 nitrogen and oxygen atoms in total. The normalized spacial score (nSPS) is 11.1. The van der Waals surface area contributed by atoms with E-state index in [4.69, 9.17) is 9.47 Å². The zero-order chi connectivity index (χ0) is 23.2. The number of fused-ring (bicyclic) bond motifs is 2. The van der Waals surface area contributed by atoms with E-state index in [0.717, 1.165) is 33.0 Å². The zero-order valence-electron chi connectivity index (χ0n) is 18.5. The summed E-state index contributed by atoms with van der Waals surface area (Å²) in [5.41, 5.74) is 4.70. The number of hydrogen-bond acceptors (Lipinski definition) is 5. The van der Waals surface area contributed by atoms with Gasteiger partial charge in [0.2, 0.25) is 0 Å². The van der Waals surface area contributed by atoms with Gasteiger partial charge in [0.25, 0.3) is 5.91 Å². The van der Waals surface area contributed by atoms with Crippen molar-refractivity contribution in [2.24, 2.45) is 5.10 Å². The van der Waals surface area contributed by atoms with Gasteiger partial charge in [-0.15, -0.1) is 0 Å². The fourth-order valence-electron chi connectivity index (χ4n) is 3.80. The van der Waals surface area contributed by atoms with Gasteiger partial charge in [0.05, 0.1) is 25.0 Å². The Morgan fingerprint density at radius 1 is 1.09 bits per heavy atom. The molecule has 1 aromatic heterocycles. The van der Waals surface area contributed by atoms with Gasteiger partial charge in [-0.3, -0.25) is 4.79 Å². The number of carbonyl (C=O) groups is 1. The highest BCUT2D eigenvalue weighted by Crippen LogP contribution is 2.30. The third-order valence-electron chi connectivity index (χ3n) is 5.21. The van der Waals surface area contributed by atoms with E-state index in [9.17, 15) is 10.1 Å². The summed E-state index contributed by atoms with van der Waals surface area (Å²) in [6.45, 7) is 4.97. The first kappa shape index (κ1) is 21.9. The van der Waals surface area contributed by atoms with E-state index in [-0.39, 0.29) is 12.5 Å². The number of carbonyl (C=O) groups excluding carboxylic acids is 1. The Kier molecular flexibility index (Phi) is 6.56. The maximum atomic E-state index is 12.6. The lowest BCUT2D eigenvalue weighted by Gasteiger charge is -2.12. The van der Waals surface area contributed by atoms with Crippen LogP contribution in [0.3, 0.4) is 0 Å². The second-order valence-corrected chi connectivity index (χ2v) is 7.32. The van der Waals surface area contributed by atoms with Crippen LogP contribution >= 0.6 is 0 Å². The average Bonchev–Trinajstić information content (AvgIpc) is 3.18. The van der Waals surface area contributed by atoms with Crippen LogP contribution in [0.2, 0.25) is 0 Å². The van der Waals surface area contributed by atoms with Crippen molar-refractivity contribution in [3.05, 3.63) is 71.9 Å². The molecule has 0 unspecified atom stereocenters. The number of nitrogens with zero attached hydrogens (tertiary/aromatic N) is 3. The SMILES string of the molecule is CCOc1ccc2ccc(OCC)c(/C=N\NC(=O)Cn3cc(C#N)c4ccccc43)c2c1. The zero-order valence-corrected chi connectivity index (χ0v) is 18.5. The number of hydrazone groups is 1. The number of benzene rings is 3. The van der Waals surface area contributed by atoms with E-state index in [1.807, 2.05) is 68.4 Å². The molecule has 4 aromatic rings. The molecule has 0 saturated carbocycles. The Morgan fingerprint density at radius 2 is 1.88 bits per heavy atom. The quantitative estimate of drug-likeness (QED) is 0.320. The molecule has 1 heterocycles. The Bertz CT molecular complexity index is 1380. The largest absolute Gasteiger partial charge is 0.494 e. The minimum absolute atomic E-state index is 0.0435. The van der Waals surface area contributed by atoms with Gasteiger partial charge in [-0.25, -0.2) is 5.43 Å². The summed E-state index contributed by atoms with van der Waals surface area (Å²) >= 11 is 0. The van der Waals surface area contributed by atoms with Gasteiger partial charge in [-0.2, -0.15) is 10.4 Å². The molecule has 1 N–H and O–H groups in total. The molecule has 0 fully saturated rings. The van der Waals surface area contributed by atoms with Crippen molar-refractivity contribution in [3.8, 4) is 17.6 Å². The summed E-state index contributed by atoms with van der Waals surface area (Å²) in [6.07, 6.45) is 3.27. The van der Waals surface area contributed by atoms with Crippen LogP contribution in [0.5, 0.6) is 11.5 Å². The van der Waals surface area contributed by atoms with E-state index < -0.39 is 0 Å². The minimum Gasteiger partial charge on any atom is -0.494 e. The monoisotopic (exact) mass is 440 g/mol. The summed E-state index contributed by atoms with van der Waals surface area (Å²) < 4.78 is 13.2. The van der Waals surface area contributed by atoms with E-state index in [2.05, 4.69) is 16.6 Å². The number of ether oxygens (including phenoxy) is 2. The van der Waals surface area contributed by atoms with E-state index in [1.54, 1.807) is 17.0 Å². The number of amides is 1. The van der Waals surface area contributed by atoms with Crippen molar-refractivity contribution in [2.45, 2.75) is 20.4 Å². The highest BCUT2D eigenvalue weighted by molar-refractivity contribution is 6.03. The van der Waals surface area contributed by atoms with Crippen molar-refractivity contribution in [3.63, 3.8) is 0 Å². The highest BCUT2D eigenvalue weighted by Gasteiger charge is 2.11. The Balaban J connectivity index is 1.58. The smallest absolute Gasteiger partial charge is 0.259 e. The molecule has 33 heavy (non-hydrogen) atoms. The molecule has 0 radical (unpaired) electrons. The van der Waals surface area contributed by atoms with Crippen molar-refractivity contribution in [2.75, 3.05) is 13.2 Å². The third-order valence-corrected chi connectivity index (χ3v) is 5.21. The fourth-order valence-corrected chi connectivity index (χ4v) is 3.80. The number of nitrogens with one attached hydrogen (secondary N) is 1. The van der Waals surface area contributed by atoms with Crippen LogP contribution in [-0.4, -0.2) is 29.9 Å². The van der Waals surface area contributed by atoms with Crippen LogP contribution in [-0.2, 0) is 11.3 Å². The number of hydrogen-bond donors (Lipinski definition) is 1. The summed E-state index contributed by atoms with van der Waals surface area (Å²) in [5, 5.41) is 16.3. The van der Waals surface area contributed by atoms with Crippen LogP contribution in [0.4, 0.5) is 0 Å². The molecule has 1 amide bonds. The molecule has 0 bridgehead atoms. The number of para-hydroxylation sites is 1. The van der Waals surface area contributed by atoms with Crippen LogP contribution in [0.25, 0.3) is 21.7 Å². The molecule has 0 aliphatic rings. The molecular formula is C26H24N4O3. The highest BCUT2D eigenvalue weighted by atomic mass is 16.5. The van der Waals surface area contributed by atoms with Crippen LogP contribution in [0.1, 0.15) is 25.0 Å². The first-order valence-corrected chi connectivity index (χ1v) is 10.8. The topological polar surface area (TPSA) is 88.6 Å². The first-order chi connectivity index (χ1) is 16.1. The molecule has 7 heteroatoms. The molecule has 4 rings (SSSR count). The molecule has 0 aliphatic carbocycles. The maximum Gasteiger partial charge on any atom is 0.259 e. The molecular weight excluding hydrogens is 416 g/mol. The summed E-state index contributed by atoms with van der Waals surface area (Å²) in [6, 6.07) is 19.4. The van der Waals surface area contributed by atoms with Crippen molar-refractivity contribution < 1.29 is 14.3 Å². The van der Waals surface area contributed by atoms with Crippen LogP contribution < -0.4 is 14.9 Å². The fraction of sp³-hybridized carbons (Fsp3) is 0.192. The van der Waals surface area contributed by atoms with Crippen LogP contribution in [0.15, 0.2) is 65.9 Å². The van der Waals surface area contributed by atoms with Gasteiger partial charge in [-0.1, -0.05) is 30.3 Å². The molecule has 0 atom stereocenters. The van der Waals surface area contributed by atoms with Crippen molar-refractivity contribution in [1.29, 1.82) is 5.26 Å². The number of rotatable bonds is 8. The standard InChI is InChI=1S/C26H24N4O3/c1-3-32-20-11-9-18-10-12-25(33-4-2)23(22(18)13-20)15-28-29-26(31)17-30-16-19(14-27)21-7-5-6-8-24(21)30/h5-13,15-16H,3-4,17H2,1-2H3,(H,29,31)/b28-15-. The lowest BCUT2D eigenvalue weighted by molar-refractivity contribution is -0.121. The Morgan fingerprint density at radius 3 is 2.67 bits per heavy atom. The molecule has 0 aliphatic heterocycles. The predicted octanol–water partition coefficient (Wildman–Crippen LogP) is 4.61. The average molecular weight is 441 g/mol. The number of aromatic nitrogens is 1. The Hall–Kier alpha value is -4.31. The summed E-state index contributed by atoms with van der Waals surface area (Å²) in [5.74, 6) is 1.13. The van der Waals surface area contributed by atoms with E-state index in [1.165, 1.54) is 0 Å². The third kappa shape index (κ3) is 4.65. The first-order valence-electron chi connectivity index (χ1n) is 10.8. The predicted molar refractivity (Wildman–Crippen MR) is 129 cm³/mol. The van der Waals surface area contributed by atoms with Gasteiger partial charge in [0.15, 0.2) is 0 Å².